The zero-order chi connectivity index (χ0) is 25.5. The van der Waals surface area contributed by atoms with E-state index in [1.165, 1.54) is 31.4 Å². The van der Waals surface area contributed by atoms with Gasteiger partial charge in [-0.3, -0.25) is 0 Å². The number of aromatic nitrogens is 2. The normalized spacial score (nSPS) is 10.9. The van der Waals surface area contributed by atoms with E-state index in [1.807, 2.05) is 65.5 Å². The van der Waals surface area contributed by atoms with E-state index in [0.717, 1.165) is 34.8 Å². The molecular formula is C27H28N4NaO4S. The smallest absolute Gasteiger partial charge is 0.328 e. The third-order valence-corrected chi connectivity index (χ3v) is 7.02. The van der Waals surface area contributed by atoms with Gasteiger partial charge < -0.3 is 14.6 Å². The summed E-state index contributed by atoms with van der Waals surface area (Å²) in [6.07, 6.45) is 3.39. The molecule has 187 valence electrons. The third-order valence-electron chi connectivity index (χ3n) is 5.68. The van der Waals surface area contributed by atoms with E-state index in [0.29, 0.717) is 12.2 Å². The summed E-state index contributed by atoms with van der Waals surface area (Å²) in [4.78, 5) is 16.9. The van der Waals surface area contributed by atoms with Crippen molar-refractivity contribution < 1.29 is 17.9 Å². The predicted octanol–water partition coefficient (Wildman–Crippen LogP) is 3.96. The number of urea groups is 1. The molecule has 10 heteroatoms. The topological polar surface area (TPSA) is 102 Å². The summed E-state index contributed by atoms with van der Waals surface area (Å²) in [5, 5.41) is 2.60. The average molecular weight is 528 g/mol. The first-order chi connectivity index (χ1) is 17.4. The van der Waals surface area contributed by atoms with Crippen LogP contribution in [0.25, 0.3) is 16.9 Å². The summed E-state index contributed by atoms with van der Waals surface area (Å²) in [5.74, 6) is 1.50. The van der Waals surface area contributed by atoms with Crippen LogP contribution in [0.3, 0.4) is 0 Å². The Morgan fingerprint density at radius 2 is 1.65 bits per heavy atom. The summed E-state index contributed by atoms with van der Waals surface area (Å²) in [5.41, 5.74) is 4.01. The fourth-order valence-electron chi connectivity index (χ4n) is 3.76. The van der Waals surface area contributed by atoms with Crippen LogP contribution in [0.5, 0.6) is 5.75 Å². The molecule has 0 saturated carbocycles. The van der Waals surface area contributed by atoms with E-state index in [9.17, 15) is 13.2 Å². The Hall–Kier alpha value is -3.11. The van der Waals surface area contributed by atoms with Crippen molar-refractivity contribution in [3.8, 4) is 22.7 Å². The second-order valence-electron chi connectivity index (χ2n) is 8.09. The maximum absolute atomic E-state index is 12.4. The number of methoxy groups -OCH3 is 1. The molecule has 1 heterocycles. The van der Waals surface area contributed by atoms with Gasteiger partial charge >= 0.3 is 6.03 Å². The van der Waals surface area contributed by atoms with Gasteiger partial charge in [-0.2, -0.15) is 0 Å². The minimum Gasteiger partial charge on any atom is -0.497 e. The number of ether oxygens (including phenoxy) is 1. The Bertz CT molecular complexity index is 1420. The van der Waals surface area contributed by atoms with Gasteiger partial charge in [-0.25, -0.2) is 22.9 Å². The summed E-state index contributed by atoms with van der Waals surface area (Å²) < 4.78 is 33.9. The number of hydrogen-bond donors (Lipinski definition) is 2. The number of nitrogens with zero attached hydrogens (tertiary/aromatic N) is 2. The molecule has 0 unspecified atom stereocenters. The van der Waals surface area contributed by atoms with Gasteiger partial charge in [-0.05, 0) is 48.4 Å². The Morgan fingerprint density at radius 1 is 0.973 bits per heavy atom. The van der Waals surface area contributed by atoms with Crippen molar-refractivity contribution >= 4 is 45.6 Å². The van der Waals surface area contributed by atoms with Gasteiger partial charge in [-0.1, -0.05) is 49.4 Å². The Labute approximate surface area is 239 Å². The number of nitrogens with one attached hydrogen (secondary N) is 2. The summed E-state index contributed by atoms with van der Waals surface area (Å²) in [6, 6.07) is 23.1. The minimum absolute atomic E-state index is 0. The molecule has 0 aliphatic heterocycles. The quantitative estimate of drug-likeness (QED) is 0.321. The number of carbonyl (C=O) groups is 1. The molecule has 0 bridgehead atoms. The molecule has 4 aromatic rings. The first-order valence-electron chi connectivity index (χ1n) is 11.6. The first kappa shape index (κ1) is 28.5. The SMILES string of the molecule is CCc1nc(-c2ccccc2)cn1-c1ccc(CCNC(=O)NS(=O)(=O)c2ccc(OC)cc2)cc1.[Na]. The molecule has 0 aliphatic carbocycles. The third kappa shape index (κ3) is 7.23. The molecule has 1 aromatic heterocycles. The summed E-state index contributed by atoms with van der Waals surface area (Å²) in [7, 11) is -2.48. The monoisotopic (exact) mass is 527 g/mol. The van der Waals surface area contributed by atoms with Crippen LogP contribution in [0, 0.1) is 0 Å². The van der Waals surface area contributed by atoms with E-state index in [4.69, 9.17) is 9.72 Å². The molecule has 0 aliphatic rings. The van der Waals surface area contributed by atoms with E-state index in [1.54, 1.807) is 0 Å². The predicted molar refractivity (Wildman–Crippen MR) is 145 cm³/mol. The number of aryl methyl sites for hydroxylation is 1. The molecule has 4 rings (SSSR count). The zero-order valence-electron chi connectivity index (χ0n) is 21.1. The van der Waals surface area contributed by atoms with Gasteiger partial charge in [0.1, 0.15) is 11.6 Å². The Morgan fingerprint density at radius 3 is 2.27 bits per heavy atom. The van der Waals surface area contributed by atoms with Crippen molar-refractivity contribution in [1.29, 1.82) is 0 Å². The van der Waals surface area contributed by atoms with Crippen molar-refractivity contribution in [2.45, 2.75) is 24.7 Å². The standard InChI is InChI=1S/C27H28N4O4S.Na/c1-3-26-29-25(21-7-5-4-6-8-21)19-31(26)22-11-9-20(10-12-22)17-18-28-27(32)30-36(33,34)24-15-13-23(35-2)14-16-24;/h4-16,19H,3,17-18H2,1-2H3,(H2,28,30,32);. The molecule has 37 heavy (non-hydrogen) atoms. The van der Waals surface area contributed by atoms with E-state index >= 15 is 0 Å². The minimum atomic E-state index is -3.97. The van der Waals surface area contributed by atoms with Crippen molar-refractivity contribution in [2.75, 3.05) is 13.7 Å². The largest absolute Gasteiger partial charge is 0.497 e. The van der Waals surface area contributed by atoms with Gasteiger partial charge in [0.15, 0.2) is 0 Å². The summed E-state index contributed by atoms with van der Waals surface area (Å²) >= 11 is 0. The number of benzene rings is 3. The van der Waals surface area contributed by atoms with Gasteiger partial charge in [0, 0.05) is 60.0 Å². The molecule has 0 spiro atoms. The average Bonchev–Trinajstić information content (AvgIpc) is 3.34. The molecule has 0 fully saturated rings. The van der Waals surface area contributed by atoms with E-state index in [2.05, 4.69) is 16.8 Å². The maximum Gasteiger partial charge on any atom is 0.328 e. The van der Waals surface area contributed by atoms with Gasteiger partial charge in [-0.15, -0.1) is 0 Å². The van der Waals surface area contributed by atoms with Crippen LogP contribution in [0.2, 0.25) is 0 Å². The van der Waals surface area contributed by atoms with Crippen LogP contribution < -0.4 is 14.8 Å². The van der Waals surface area contributed by atoms with Crippen LogP contribution in [0.15, 0.2) is 90.0 Å². The van der Waals surface area contributed by atoms with Crippen molar-refractivity contribution in [1.82, 2.24) is 19.6 Å². The van der Waals surface area contributed by atoms with Crippen LogP contribution in [-0.4, -0.2) is 67.2 Å². The van der Waals surface area contributed by atoms with Crippen LogP contribution in [0.1, 0.15) is 18.3 Å². The number of rotatable bonds is 9. The fourth-order valence-corrected chi connectivity index (χ4v) is 4.68. The number of carbonyl (C=O) groups excluding carboxylic acids is 1. The number of hydrogen-bond acceptors (Lipinski definition) is 5. The Kier molecular flexibility index (Phi) is 9.93. The molecule has 3 aromatic carbocycles. The molecule has 2 N–H and O–H groups in total. The molecule has 8 nitrogen and oxygen atoms in total. The first-order valence-corrected chi connectivity index (χ1v) is 13.1. The second-order valence-corrected chi connectivity index (χ2v) is 9.77. The number of imidazole rings is 1. The second kappa shape index (κ2) is 12.9. The molecule has 2 amide bonds. The van der Waals surface area contributed by atoms with Gasteiger partial charge in [0.05, 0.1) is 17.7 Å². The van der Waals surface area contributed by atoms with Crippen molar-refractivity contribution in [3.63, 3.8) is 0 Å². The fraction of sp³-hybridized carbons (Fsp3) is 0.185. The van der Waals surface area contributed by atoms with E-state index in [-0.39, 0.29) is 41.0 Å². The van der Waals surface area contributed by atoms with Gasteiger partial charge in [0.2, 0.25) is 0 Å². The molecule has 0 saturated heterocycles. The number of amides is 2. The zero-order valence-corrected chi connectivity index (χ0v) is 24.0. The van der Waals surface area contributed by atoms with Crippen LogP contribution in [0.4, 0.5) is 4.79 Å². The number of sulfonamides is 1. The van der Waals surface area contributed by atoms with E-state index < -0.39 is 16.1 Å². The molecule has 0 atom stereocenters. The summed E-state index contributed by atoms with van der Waals surface area (Å²) in [6.45, 7) is 2.36. The van der Waals surface area contributed by atoms with Gasteiger partial charge in [0.25, 0.3) is 10.0 Å². The van der Waals surface area contributed by atoms with Crippen LogP contribution in [-0.2, 0) is 22.9 Å². The molecule has 1 radical (unpaired) electrons. The van der Waals surface area contributed by atoms with Crippen molar-refractivity contribution in [2.24, 2.45) is 0 Å². The van der Waals surface area contributed by atoms with Crippen LogP contribution >= 0.6 is 0 Å². The maximum atomic E-state index is 12.4. The molecular weight excluding hydrogens is 499 g/mol. The Balaban J connectivity index is 0.00000380. The van der Waals surface area contributed by atoms with Crippen molar-refractivity contribution in [3.05, 3.63) is 96.4 Å².